The number of anilines is 1. The average molecular weight is 328 g/mol. The Morgan fingerprint density at radius 2 is 1.86 bits per heavy atom. The number of nitrogens with one attached hydrogen (secondary N) is 2. The Morgan fingerprint density at radius 3 is 2.52 bits per heavy atom. The van der Waals surface area contributed by atoms with Gasteiger partial charge in [0.1, 0.15) is 0 Å². The minimum Gasteiger partial charge on any atom is -0.339 e. The molecule has 114 valence electrons. The second kappa shape index (κ2) is 8.26. The molecule has 1 aromatic rings. The van der Waals surface area contributed by atoms with Crippen molar-refractivity contribution in [3.63, 3.8) is 0 Å². The maximum atomic E-state index is 11.9. The number of piperazine rings is 1. The molecule has 2 N–H and O–H groups in total. The van der Waals surface area contributed by atoms with E-state index in [4.69, 9.17) is 11.6 Å². The van der Waals surface area contributed by atoms with Crippen LogP contribution in [-0.4, -0.2) is 54.4 Å². The molecule has 0 spiro atoms. The van der Waals surface area contributed by atoms with Gasteiger partial charge in [-0.1, -0.05) is 11.6 Å². The third-order valence-corrected chi connectivity index (χ3v) is 4.23. The minimum atomic E-state index is -0.115. The molecular formula is C14H18ClN3O2S. The van der Waals surface area contributed by atoms with Crippen LogP contribution in [0.2, 0.25) is 5.02 Å². The summed E-state index contributed by atoms with van der Waals surface area (Å²) in [5, 5.41) is 6.60. The fourth-order valence-electron chi connectivity index (χ4n) is 1.97. The third kappa shape index (κ3) is 5.57. The van der Waals surface area contributed by atoms with E-state index in [0.717, 1.165) is 26.2 Å². The topological polar surface area (TPSA) is 61.4 Å². The number of hydrogen-bond donors (Lipinski definition) is 2. The minimum absolute atomic E-state index is 0.0980. The number of carbonyl (C=O) groups excluding carboxylic acids is 2. The summed E-state index contributed by atoms with van der Waals surface area (Å²) in [4.78, 5) is 25.5. The number of halogens is 1. The van der Waals surface area contributed by atoms with Gasteiger partial charge in [0.05, 0.1) is 11.5 Å². The predicted octanol–water partition coefficient (Wildman–Crippen LogP) is 1.44. The van der Waals surface area contributed by atoms with Gasteiger partial charge in [-0.25, -0.2) is 0 Å². The van der Waals surface area contributed by atoms with Crippen molar-refractivity contribution in [3.05, 3.63) is 29.3 Å². The summed E-state index contributed by atoms with van der Waals surface area (Å²) in [6.45, 7) is 3.17. The Hall–Kier alpha value is -1.24. The van der Waals surface area contributed by atoms with Crippen LogP contribution < -0.4 is 10.6 Å². The largest absolute Gasteiger partial charge is 0.339 e. The van der Waals surface area contributed by atoms with Crippen molar-refractivity contribution in [1.82, 2.24) is 10.2 Å². The van der Waals surface area contributed by atoms with Crippen LogP contribution in [0.4, 0.5) is 5.69 Å². The summed E-state index contributed by atoms with van der Waals surface area (Å²) < 4.78 is 0. The smallest absolute Gasteiger partial charge is 0.234 e. The third-order valence-electron chi connectivity index (χ3n) is 3.06. The molecule has 0 radical (unpaired) electrons. The van der Waals surface area contributed by atoms with Gasteiger partial charge in [-0.15, -0.1) is 11.8 Å². The van der Waals surface area contributed by atoms with Gasteiger partial charge in [0.2, 0.25) is 11.8 Å². The predicted molar refractivity (Wildman–Crippen MR) is 86.9 cm³/mol. The lowest BCUT2D eigenvalue weighted by Crippen LogP contribution is -2.47. The lowest BCUT2D eigenvalue weighted by atomic mass is 10.3. The Kier molecular flexibility index (Phi) is 6.35. The zero-order valence-corrected chi connectivity index (χ0v) is 13.2. The van der Waals surface area contributed by atoms with Gasteiger partial charge < -0.3 is 15.5 Å². The first-order valence-electron chi connectivity index (χ1n) is 6.77. The molecule has 0 aromatic heterocycles. The molecule has 7 heteroatoms. The number of rotatable bonds is 5. The van der Waals surface area contributed by atoms with Crippen molar-refractivity contribution in [1.29, 1.82) is 0 Å². The van der Waals surface area contributed by atoms with Crippen LogP contribution in [0.1, 0.15) is 0 Å². The fraction of sp³-hybridized carbons (Fsp3) is 0.429. The number of carbonyl (C=O) groups is 2. The molecule has 1 aliphatic heterocycles. The first kappa shape index (κ1) is 16.1. The lowest BCUT2D eigenvalue weighted by molar-refractivity contribution is -0.128. The molecule has 0 atom stereocenters. The molecule has 0 aliphatic carbocycles. The molecule has 21 heavy (non-hydrogen) atoms. The van der Waals surface area contributed by atoms with Crippen molar-refractivity contribution in [2.75, 3.05) is 43.0 Å². The van der Waals surface area contributed by atoms with Gasteiger partial charge >= 0.3 is 0 Å². The van der Waals surface area contributed by atoms with E-state index in [9.17, 15) is 9.59 Å². The molecule has 1 aliphatic rings. The number of amides is 2. The van der Waals surface area contributed by atoms with E-state index in [1.54, 1.807) is 24.3 Å². The quantitative estimate of drug-likeness (QED) is 0.859. The molecule has 0 saturated carbocycles. The number of thioether (sulfide) groups is 1. The Labute approximate surface area is 133 Å². The van der Waals surface area contributed by atoms with E-state index in [-0.39, 0.29) is 17.6 Å². The number of hydrogen-bond acceptors (Lipinski definition) is 4. The SMILES string of the molecule is O=C(CSCC(=O)N1CCNCC1)Nc1ccc(Cl)cc1. The van der Waals surface area contributed by atoms with E-state index in [2.05, 4.69) is 10.6 Å². The normalized spacial score (nSPS) is 14.8. The summed E-state index contributed by atoms with van der Waals surface area (Å²) >= 11 is 7.11. The van der Waals surface area contributed by atoms with Crippen LogP contribution in [0.5, 0.6) is 0 Å². The van der Waals surface area contributed by atoms with Crippen LogP contribution in [0.25, 0.3) is 0 Å². The molecule has 1 aromatic carbocycles. The maximum absolute atomic E-state index is 11.9. The molecule has 5 nitrogen and oxygen atoms in total. The van der Waals surface area contributed by atoms with Crippen LogP contribution in [0.15, 0.2) is 24.3 Å². The Balaban J connectivity index is 1.66. The van der Waals surface area contributed by atoms with E-state index in [0.29, 0.717) is 16.5 Å². The first-order chi connectivity index (χ1) is 10.1. The zero-order chi connectivity index (χ0) is 15.1. The number of benzene rings is 1. The summed E-state index contributed by atoms with van der Waals surface area (Å²) in [7, 11) is 0. The second-order valence-electron chi connectivity index (χ2n) is 4.68. The lowest BCUT2D eigenvalue weighted by Gasteiger charge is -2.27. The molecule has 0 bridgehead atoms. The molecule has 1 fully saturated rings. The van der Waals surface area contributed by atoms with Crippen molar-refractivity contribution >= 4 is 40.9 Å². The Morgan fingerprint density at radius 1 is 1.19 bits per heavy atom. The fourth-order valence-corrected chi connectivity index (χ4v) is 2.81. The summed E-state index contributed by atoms with van der Waals surface area (Å²) in [6, 6.07) is 6.93. The highest BCUT2D eigenvalue weighted by molar-refractivity contribution is 8.00. The van der Waals surface area contributed by atoms with Crippen molar-refractivity contribution < 1.29 is 9.59 Å². The highest BCUT2D eigenvalue weighted by atomic mass is 35.5. The van der Waals surface area contributed by atoms with Gasteiger partial charge in [0.15, 0.2) is 0 Å². The number of nitrogens with zero attached hydrogens (tertiary/aromatic N) is 1. The van der Waals surface area contributed by atoms with Crippen molar-refractivity contribution in [3.8, 4) is 0 Å². The monoisotopic (exact) mass is 327 g/mol. The van der Waals surface area contributed by atoms with Crippen LogP contribution in [0.3, 0.4) is 0 Å². The van der Waals surface area contributed by atoms with Crippen molar-refractivity contribution in [2.45, 2.75) is 0 Å². The molecular weight excluding hydrogens is 310 g/mol. The summed E-state index contributed by atoms with van der Waals surface area (Å²) in [5.41, 5.74) is 0.707. The highest BCUT2D eigenvalue weighted by Gasteiger charge is 2.16. The zero-order valence-electron chi connectivity index (χ0n) is 11.6. The highest BCUT2D eigenvalue weighted by Crippen LogP contribution is 2.14. The molecule has 0 unspecified atom stereocenters. The molecule has 1 heterocycles. The molecule has 2 rings (SSSR count). The van der Waals surface area contributed by atoms with Crippen LogP contribution in [0, 0.1) is 0 Å². The second-order valence-corrected chi connectivity index (χ2v) is 6.10. The van der Waals surface area contributed by atoms with Crippen molar-refractivity contribution in [2.24, 2.45) is 0 Å². The first-order valence-corrected chi connectivity index (χ1v) is 8.30. The summed E-state index contributed by atoms with van der Waals surface area (Å²) in [5.74, 6) is 0.588. The van der Waals surface area contributed by atoms with Gasteiger partial charge in [0.25, 0.3) is 0 Å². The van der Waals surface area contributed by atoms with E-state index in [1.165, 1.54) is 11.8 Å². The van der Waals surface area contributed by atoms with E-state index < -0.39 is 0 Å². The van der Waals surface area contributed by atoms with Gasteiger partial charge in [-0.05, 0) is 24.3 Å². The maximum Gasteiger partial charge on any atom is 0.234 e. The van der Waals surface area contributed by atoms with E-state index in [1.807, 2.05) is 4.90 Å². The molecule has 1 saturated heterocycles. The van der Waals surface area contributed by atoms with Crippen LogP contribution >= 0.6 is 23.4 Å². The standard InChI is InChI=1S/C14H18ClN3O2S/c15-11-1-3-12(4-2-11)17-13(19)9-21-10-14(20)18-7-5-16-6-8-18/h1-4,16H,5-10H2,(H,17,19). The van der Waals surface area contributed by atoms with Gasteiger partial charge in [-0.3, -0.25) is 9.59 Å². The van der Waals surface area contributed by atoms with Gasteiger partial charge in [0, 0.05) is 36.9 Å². The molecule has 2 amide bonds. The van der Waals surface area contributed by atoms with Gasteiger partial charge in [-0.2, -0.15) is 0 Å². The average Bonchev–Trinajstić information content (AvgIpc) is 2.50. The summed E-state index contributed by atoms with van der Waals surface area (Å²) in [6.07, 6.45) is 0. The van der Waals surface area contributed by atoms with E-state index >= 15 is 0 Å². The van der Waals surface area contributed by atoms with Crippen LogP contribution in [-0.2, 0) is 9.59 Å². The Bertz CT molecular complexity index is 489.